The molecule has 0 unspecified atom stereocenters. The third-order valence-electron chi connectivity index (χ3n) is 7.74. The van der Waals surface area contributed by atoms with Crippen molar-refractivity contribution in [3.8, 4) is 16.9 Å². The molecule has 2 aromatic heterocycles. The van der Waals surface area contributed by atoms with E-state index in [1.165, 1.54) is 9.58 Å². The van der Waals surface area contributed by atoms with E-state index in [1.807, 2.05) is 49.3 Å². The van der Waals surface area contributed by atoms with E-state index in [2.05, 4.69) is 14.8 Å². The van der Waals surface area contributed by atoms with Crippen LogP contribution in [0.4, 0.5) is 11.4 Å². The van der Waals surface area contributed by atoms with Crippen molar-refractivity contribution in [1.82, 2.24) is 9.55 Å². The molecule has 0 atom stereocenters. The molecule has 0 spiro atoms. The van der Waals surface area contributed by atoms with Gasteiger partial charge in [0.1, 0.15) is 13.2 Å². The number of pyridine rings is 2. The normalized spacial score (nSPS) is 12.9. The Morgan fingerprint density at radius 3 is 2.23 bits per heavy atom. The lowest BCUT2D eigenvalue weighted by atomic mass is 10.0. The zero-order valence-corrected chi connectivity index (χ0v) is 25.6. The number of rotatable bonds is 10. The Hall–Kier alpha value is -5.72. The van der Waals surface area contributed by atoms with Gasteiger partial charge in [0.15, 0.2) is 5.49 Å². The molecule has 3 aromatic carbocycles. The summed E-state index contributed by atoms with van der Waals surface area (Å²) < 4.78 is 1.39. The predicted molar refractivity (Wildman–Crippen MR) is 178 cm³/mol. The van der Waals surface area contributed by atoms with Gasteiger partial charge in [-0.05, 0) is 59.7 Å². The number of para-hydroxylation sites is 1. The van der Waals surface area contributed by atoms with Crippen LogP contribution in [0.25, 0.3) is 29.1 Å². The summed E-state index contributed by atoms with van der Waals surface area (Å²) in [6.07, 6.45) is 6.93. The molecular weight excluding hydrogens is 598 g/mol. The second kappa shape index (κ2) is 13.7. The van der Waals surface area contributed by atoms with Crippen LogP contribution in [-0.4, -0.2) is 40.1 Å². The number of benzene rings is 3. The zero-order valence-electron chi connectivity index (χ0n) is 25.6. The lowest BCUT2D eigenvalue weighted by Crippen LogP contribution is -2.45. The minimum Gasteiger partial charge on any atom is -0.378 e. The first kappa shape index (κ1) is 31.3. The minimum atomic E-state index is -0.483. The van der Waals surface area contributed by atoms with Crippen molar-refractivity contribution in [2.24, 2.45) is 5.10 Å². The van der Waals surface area contributed by atoms with E-state index in [0.29, 0.717) is 33.8 Å². The van der Waals surface area contributed by atoms with Gasteiger partial charge in [0.25, 0.3) is 11.5 Å². The van der Waals surface area contributed by atoms with Crippen LogP contribution in [0.5, 0.6) is 0 Å². The van der Waals surface area contributed by atoms with Gasteiger partial charge in [-0.3, -0.25) is 29.7 Å². The van der Waals surface area contributed by atoms with Gasteiger partial charge >= 0.3 is 0 Å². The number of anilines is 2. The van der Waals surface area contributed by atoms with Gasteiger partial charge < -0.3 is 4.90 Å². The number of fused-ring (bicyclic) bond motifs is 1. The number of amides is 1. The summed E-state index contributed by atoms with van der Waals surface area (Å²) in [5.41, 5.74) is 4.64. The van der Waals surface area contributed by atoms with Crippen molar-refractivity contribution >= 4 is 29.4 Å². The van der Waals surface area contributed by atoms with Gasteiger partial charge in [-0.2, -0.15) is 5.01 Å². The molecule has 6 rings (SSSR count). The molecule has 0 radical (unpaired) electrons. The first-order valence-electron chi connectivity index (χ1n) is 14.7. The van der Waals surface area contributed by atoms with E-state index < -0.39 is 11.5 Å². The second-order valence-electron chi connectivity index (χ2n) is 10.9. The molecule has 0 bridgehead atoms. The summed E-state index contributed by atoms with van der Waals surface area (Å²) in [7, 11) is 3.94. The molecular formula is C36H31N5O6. The predicted octanol–water partition coefficient (Wildman–Crippen LogP) is 4.63. The number of hydrogen-bond donors (Lipinski definition) is 2. The zero-order chi connectivity index (χ0) is 32.9. The quantitative estimate of drug-likeness (QED) is 0.169. The van der Waals surface area contributed by atoms with Crippen LogP contribution < -0.4 is 26.2 Å². The Kier molecular flexibility index (Phi) is 9.13. The average molecular weight is 630 g/mol. The molecule has 0 saturated carbocycles. The fourth-order valence-electron chi connectivity index (χ4n) is 5.42. The SMILES string of the molecule is CN(C)c1ccc(/C=C/C=c2/c(-c3ccccn3)c3c(n(-c4ccc(COO)cc4)c2=O)=NN(c2ccccc2COO)C3=O)cc1. The average Bonchev–Trinajstić information content (AvgIpc) is 3.42. The molecule has 0 aliphatic carbocycles. The Bertz CT molecular complexity index is 2130. The van der Waals surface area contributed by atoms with Gasteiger partial charge in [-0.25, -0.2) is 9.78 Å². The smallest absolute Gasteiger partial charge is 0.283 e. The lowest BCUT2D eigenvalue weighted by molar-refractivity contribution is -0.253. The van der Waals surface area contributed by atoms with Crippen molar-refractivity contribution in [3.63, 3.8) is 0 Å². The number of aromatic nitrogens is 2. The molecule has 0 saturated heterocycles. The highest BCUT2D eigenvalue weighted by atomic mass is 17.1. The number of carbonyl (C=O) groups is 1. The maximum atomic E-state index is 14.6. The maximum absolute atomic E-state index is 14.6. The highest BCUT2D eigenvalue weighted by Gasteiger charge is 2.34. The third kappa shape index (κ3) is 6.24. The molecule has 1 amide bonds. The maximum Gasteiger partial charge on any atom is 0.283 e. The summed E-state index contributed by atoms with van der Waals surface area (Å²) in [5.74, 6) is -0.483. The third-order valence-corrected chi connectivity index (χ3v) is 7.74. The van der Waals surface area contributed by atoms with Gasteiger partial charge in [0, 0.05) is 37.1 Å². The van der Waals surface area contributed by atoms with Crippen molar-refractivity contribution in [1.29, 1.82) is 0 Å². The molecule has 11 nitrogen and oxygen atoms in total. The van der Waals surface area contributed by atoms with Crippen LogP contribution in [0.1, 0.15) is 27.0 Å². The molecule has 0 fully saturated rings. The van der Waals surface area contributed by atoms with Gasteiger partial charge in [0.2, 0.25) is 0 Å². The Morgan fingerprint density at radius 2 is 1.55 bits per heavy atom. The van der Waals surface area contributed by atoms with Crippen LogP contribution in [0.3, 0.4) is 0 Å². The molecule has 5 aromatic rings. The lowest BCUT2D eigenvalue weighted by Gasteiger charge is -2.16. The molecule has 2 N–H and O–H groups in total. The number of hydrogen-bond acceptors (Lipinski definition) is 9. The first-order chi connectivity index (χ1) is 22.9. The molecule has 236 valence electrons. The number of allylic oxidation sites excluding steroid dienone is 1. The molecule has 47 heavy (non-hydrogen) atoms. The van der Waals surface area contributed by atoms with Crippen molar-refractivity contribution < 1.29 is 25.1 Å². The Labute approximate surface area is 269 Å². The van der Waals surface area contributed by atoms with Crippen molar-refractivity contribution in [2.75, 3.05) is 24.0 Å². The van der Waals surface area contributed by atoms with Gasteiger partial charge in [0.05, 0.1) is 27.9 Å². The summed E-state index contributed by atoms with van der Waals surface area (Å²) >= 11 is 0. The molecule has 11 heteroatoms. The highest BCUT2D eigenvalue weighted by Crippen LogP contribution is 2.28. The van der Waals surface area contributed by atoms with Crippen LogP contribution in [-0.2, 0) is 23.0 Å². The van der Waals surface area contributed by atoms with Crippen LogP contribution in [0.2, 0.25) is 0 Å². The summed E-state index contributed by atoms with van der Waals surface area (Å²) in [6, 6.07) is 26.9. The fraction of sp³-hybridized carbons (Fsp3) is 0.111. The fourth-order valence-corrected chi connectivity index (χ4v) is 5.42. The Balaban J connectivity index is 1.63. The molecule has 1 aliphatic heterocycles. The van der Waals surface area contributed by atoms with E-state index in [-0.39, 0.29) is 29.5 Å². The first-order valence-corrected chi connectivity index (χ1v) is 14.7. The molecule has 3 heterocycles. The summed E-state index contributed by atoms with van der Waals surface area (Å²) in [5, 5.41) is 24.3. The van der Waals surface area contributed by atoms with Crippen LogP contribution >= 0.6 is 0 Å². The van der Waals surface area contributed by atoms with Gasteiger partial charge in [-0.15, -0.1) is 5.10 Å². The molecule has 1 aliphatic rings. The highest BCUT2D eigenvalue weighted by molar-refractivity contribution is 6.11. The topological polar surface area (TPSA) is 130 Å². The van der Waals surface area contributed by atoms with E-state index in [4.69, 9.17) is 10.4 Å². The summed E-state index contributed by atoms with van der Waals surface area (Å²) in [4.78, 5) is 44.2. The van der Waals surface area contributed by atoms with Crippen LogP contribution in [0, 0.1) is 0 Å². The van der Waals surface area contributed by atoms with E-state index in [1.54, 1.807) is 85.1 Å². The standard InChI is InChI=1S/C36H31N5O6/c1-39(2)27-17-13-24(14-18-27)8-7-10-29-32(30-11-5-6-21-37-30)33-34(40(35(29)42)28-19-15-25(16-20-28)22-46-44)38-41(36(33)43)31-12-4-3-9-26(31)23-47-45/h3-21,44-45H,22-23H2,1-2H3/b8-7+,29-10-. The number of nitrogens with zero attached hydrogens (tertiary/aromatic N) is 5. The monoisotopic (exact) mass is 629 g/mol. The van der Waals surface area contributed by atoms with E-state index in [0.717, 1.165) is 11.3 Å². The van der Waals surface area contributed by atoms with E-state index in [9.17, 15) is 14.8 Å². The Morgan fingerprint density at radius 1 is 0.830 bits per heavy atom. The van der Waals surface area contributed by atoms with Crippen molar-refractivity contribution in [2.45, 2.75) is 13.2 Å². The minimum absolute atomic E-state index is 0.0361. The largest absolute Gasteiger partial charge is 0.378 e. The van der Waals surface area contributed by atoms with Crippen molar-refractivity contribution in [3.05, 3.63) is 147 Å². The summed E-state index contributed by atoms with van der Waals surface area (Å²) in [6.45, 7) is -0.217. The van der Waals surface area contributed by atoms with E-state index >= 15 is 0 Å². The number of carbonyl (C=O) groups excluding carboxylic acids is 1. The second-order valence-corrected chi connectivity index (χ2v) is 10.9. The van der Waals surface area contributed by atoms with Gasteiger partial charge in [-0.1, -0.05) is 60.7 Å². The van der Waals surface area contributed by atoms with Crippen LogP contribution in [0.15, 0.2) is 113 Å².